The van der Waals surface area contributed by atoms with Crippen LogP contribution in [0.15, 0.2) is 34.7 Å². The van der Waals surface area contributed by atoms with Gasteiger partial charge in [0.25, 0.3) is 11.8 Å². The predicted octanol–water partition coefficient (Wildman–Crippen LogP) is 3.60. The summed E-state index contributed by atoms with van der Waals surface area (Å²) in [5, 5.41) is 0. The van der Waals surface area contributed by atoms with Crippen molar-refractivity contribution in [2.45, 2.75) is 40.5 Å². The Labute approximate surface area is 154 Å². The van der Waals surface area contributed by atoms with Gasteiger partial charge in [-0.05, 0) is 57.5 Å². The molecule has 0 aliphatic rings. The third-order valence-electron chi connectivity index (χ3n) is 4.23. The number of carbonyl (C=O) groups excluding carboxylic acids is 2. The molecule has 0 atom stereocenters. The first-order valence-electron chi connectivity index (χ1n) is 8.99. The molecular formula is C20H27N3O3. The van der Waals surface area contributed by atoms with Crippen LogP contribution >= 0.6 is 0 Å². The largest absolute Gasteiger partial charge is 0.466 e. The van der Waals surface area contributed by atoms with Crippen LogP contribution in [0.3, 0.4) is 0 Å². The van der Waals surface area contributed by atoms with Gasteiger partial charge in [-0.15, -0.1) is 0 Å². The number of hydrogen-bond donors (Lipinski definition) is 2. The maximum absolute atomic E-state index is 12.2. The second-order valence-corrected chi connectivity index (χ2v) is 6.22. The summed E-state index contributed by atoms with van der Waals surface area (Å²) in [4.78, 5) is 26.6. The average Bonchev–Trinajstić information content (AvgIpc) is 2.99. The molecule has 0 aliphatic carbocycles. The van der Waals surface area contributed by atoms with Crippen molar-refractivity contribution in [3.05, 3.63) is 53.0 Å². The first-order chi connectivity index (χ1) is 12.5. The van der Waals surface area contributed by atoms with Crippen molar-refractivity contribution < 1.29 is 14.0 Å². The molecule has 2 N–H and O–H groups in total. The Kier molecular flexibility index (Phi) is 6.83. The fourth-order valence-corrected chi connectivity index (χ4v) is 2.75. The normalized spacial score (nSPS) is 10.5. The number of unbranched alkanes of at least 4 members (excludes halogenated alkanes) is 1. The van der Waals surface area contributed by atoms with Crippen LogP contribution in [0.5, 0.6) is 0 Å². The Morgan fingerprint density at radius 3 is 2.23 bits per heavy atom. The van der Waals surface area contributed by atoms with E-state index in [2.05, 4.69) is 29.6 Å². The van der Waals surface area contributed by atoms with Gasteiger partial charge in [0.15, 0.2) is 0 Å². The number of anilines is 1. The van der Waals surface area contributed by atoms with Crippen molar-refractivity contribution >= 4 is 17.5 Å². The van der Waals surface area contributed by atoms with E-state index in [1.54, 1.807) is 32.0 Å². The van der Waals surface area contributed by atoms with E-state index >= 15 is 0 Å². The van der Waals surface area contributed by atoms with Crippen LogP contribution < -0.4 is 15.8 Å². The maximum atomic E-state index is 12.2. The van der Waals surface area contributed by atoms with Crippen LogP contribution in [0.25, 0.3) is 0 Å². The van der Waals surface area contributed by atoms with Gasteiger partial charge in [0, 0.05) is 24.3 Å². The van der Waals surface area contributed by atoms with Crippen LogP contribution in [0.1, 0.15) is 58.9 Å². The summed E-state index contributed by atoms with van der Waals surface area (Å²) in [5.41, 5.74) is 6.84. The SMILES string of the molecule is CCCCN(CC)c1ccc(C(=O)NNC(=O)c2cc(C)oc2C)cc1. The van der Waals surface area contributed by atoms with Crippen molar-refractivity contribution in [2.24, 2.45) is 0 Å². The van der Waals surface area contributed by atoms with Gasteiger partial charge in [0.2, 0.25) is 0 Å². The molecule has 0 saturated carbocycles. The Hall–Kier alpha value is -2.76. The lowest BCUT2D eigenvalue weighted by atomic mass is 10.1. The van der Waals surface area contributed by atoms with Crippen molar-refractivity contribution in [1.82, 2.24) is 10.9 Å². The van der Waals surface area contributed by atoms with Crippen molar-refractivity contribution in [3.8, 4) is 0 Å². The quantitative estimate of drug-likeness (QED) is 0.743. The number of aryl methyl sites for hydroxylation is 2. The molecular weight excluding hydrogens is 330 g/mol. The van der Waals surface area contributed by atoms with E-state index in [4.69, 9.17) is 4.42 Å². The van der Waals surface area contributed by atoms with Crippen LogP contribution in [0.2, 0.25) is 0 Å². The molecule has 2 amide bonds. The Bertz CT molecular complexity index is 750. The van der Waals surface area contributed by atoms with Crippen LogP contribution in [0.4, 0.5) is 5.69 Å². The first kappa shape index (κ1) is 19.6. The highest BCUT2D eigenvalue weighted by atomic mass is 16.3. The molecule has 1 aromatic heterocycles. The number of carbonyl (C=O) groups is 2. The van der Waals surface area contributed by atoms with Crippen molar-refractivity contribution in [2.75, 3.05) is 18.0 Å². The zero-order valence-electron chi connectivity index (χ0n) is 15.9. The van der Waals surface area contributed by atoms with E-state index in [0.29, 0.717) is 22.6 Å². The van der Waals surface area contributed by atoms with Gasteiger partial charge in [0.1, 0.15) is 11.5 Å². The summed E-state index contributed by atoms with van der Waals surface area (Å²) in [6, 6.07) is 9.03. The molecule has 0 unspecified atom stereocenters. The summed E-state index contributed by atoms with van der Waals surface area (Å²) < 4.78 is 5.32. The second kappa shape index (κ2) is 9.08. The number of amides is 2. The number of hydrogen-bond acceptors (Lipinski definition) is 4. The topological polar surface area (TPSA) is 74.6 Å². The molecule has 6 heteroatoms. The number of nitrogens with one attached hydrogen (secondary N) is 2. The number of furan rings is 1. The number of benzene rings is 1. The monoisotopic (exact) mass is 357 g/mol. The molecule has 0 bridgehead atoms. The van der Waals surface area contributed by atoms with Crippen LogP contribution in [-0.4, -0.2) is 24.9 Å². The minimum Gasteiger partial charge on any atom is -0.466 e. The van der Waals surface area contributed by atoms with E-state index in [9.17, 15) is 9.59 Å². The fraction of sp³-hybridized carbons (Fsp3) is 0.400. The third kappa shape index (κ3) is 4.88. The van der Waals surface area contributed by atoms with Gasteiger partial charge in [-0.25, -0.2) is 0 Å². The van der Waals surface area contributed by atoms with Gasteiger partial charge in [-0.1, -0.05) is 13.3 Å². The standard InChI is InChI=1S/C20H27N3O3/c1-5-7-12-23(6-2)17-10-8-16(9-11-17)19(24)21-22-20(25)18-13-14(3)26-15(18)4/h8-11,13H,5-7,12H2,1-4H3,(H,21,24)(H,22,25). The Morgan fingerprint density at radius 2 is 1.69 bits per heavy atom. The molecule has 0 radical (unpaired) electrons. The maximum Gasteiger partial charge on any atom is 0.273 e. The minimum atomic E-state index is -0.402. The molecule has 1 heterocycles. The number of hydrazine groups is 1. The summed E-state index contributed by atoms with van der Waals surface area (Å²) in [7, 11) is 0. The third-order valence-corrected chi connectivity index (χ3v) is 4.23. The molecule has 6 nitrogen and oxygen atoms in total. The summed E-state index contributed by atoms with van der Waals surface area (Å²) in [6.07, 6.45) is 2.28. The highest BCUT2D eigenvalue weighted by Crippen LogP contribution is 2.16. The van der Waals surface area contributed by atoms with Gasteiger partial charge in [0.05, 0.1) is 5.56 Å². The molecule has 2 aromatic rings. The highest BCUT2D eigenvalue weighted by molar-refractivity contribution is 5.99. The lowest BCUT2D eigenvalue weighted by molar-refractivity contribution is 0.0845. The average molecular weight is 357 g/mol. The Morgan fingerprint density at radius 1 is 1.04 bits per heavy atom. The lowest BCUT2D eigenvalue weighted by Gasteiger charge is -2.23. The molecule has 0 aliphatic heterocycles. The molecule has 140 valence electrons. The van der Waals surface area contributed by atoms with Gasteiger partial charge in [-0.2, -0.15) is 0 Å². The number of rotatable bonds is 7. The van der Waals surface area contributed by atoms with Gasteiger partial charge in [-0.3, -0.25) is 20.4 Å². The number of nitrogens with zero attached hydrogens (tertiary/aromatic N) is 1. The Balaban J connectivity index is 1.95. The predicted molar refractivity (Wildman–Crippen MR) is 102 cm³/mol. The van der Waals surface area contributed by atoms with Gasteiger partial charge < -0.3 is 9.32 Å². The fourth-order valence-electron chi connectivity index (χ4n) is 2.75. The summed E-state index contributed by atoms with van der Waals surface area (Å²) >= 11 is 0. The highest BCUT2D eigenvalue weighted by Gasteiger charge is 2.15. The minimum absolute atomic E-state index is 0.362. The van der Waals surface area contributed by atoms with E-state index in [0.717, 1.165) is 31.6 Å². The van der Waals surface area contributed by atoms with Crippen molar-refractivity contribution in [1.29, 1.82) is 0 Å². The zero-order chi connectivity index (χ0) is 19.1. The molecule has 1 aromatic carbocycles. The molecule has 0 spiro atoms. The molecule has 26 heavy (non-hydrogen) atoms. The van der Waals surface area contributed by atoms with Crippen LogP contribution in [-0.2, 0) is 0 Å². The second-order valence-electron chi connectivity index (χ2n) is 6.22. The molecule has 2 rings (SSSR count). The first-order valence-corrected chi connectivity index (χ1v) is 8.99. The van der Waals surface area contributed by atoms with E-state index in [1.807, 2.05) is 12.1 Å². The van der Waals surface area contributed by atoms with E-state index in [1.165, 1.54) is 0 Å². The lowest BCUT2D eigenvalue weighted by Crippen LogP contribution is -2.41. The summed E-state index contributed by atoms with van der Waals surface area (Å²) in [6.45, 7) is 9.68. The van der Waals surface area contributed by atoms with Crippen molar-refractivity contribution in [3.63, 3.8) is 0 Å². The summed E-state index contributed by atoms with van der Waals surface area (Å²) in [5.74, 6) is 0.406. The molecule has 0 fully saturated rings. The van der Waals surface area contributed by atoms with E-state index in [-0.39, 0.29) is 5.91 Å². The van der Waals surface area contributed by atoms with Crippen LogP contribution in [0, 0.1) is 13.8 Å². The van der Waals surface area contributed by atoms with Gasteiger partial charge >= 0.3 is 0 Å². The smallest absolute Gasteiger partial charge is 0.273 e. The zero-order valence-corrected chi connectivity index (χ0v) is 15.9. The molecule has 0 saturated heterocycles. The van der Waals surface area contributed by atoms with E-state index < -0.39 is 5.91 Å².